The molecule has 0 aliphatic carbocycles. The summed E-state index contributed by atoms with van der Waals surface area (Å²) in [6.45, 7) is 2.28. The van der Waals surface area contributed by atoms with Crippen molar-refractivity contribution in [3.63, 3.8) is 0 Å². The van der Waals surface area contributed by atoms with Gasteiger partial charge in [0.1, 0.15) is 5.75 Å². The number of hydrogen-bond donors (Lipinski definition) is 1. The zero-order valence-corrected chi connectivity index (χ0v) is 16.7. The molecule has 1 atom stereocenters. The van der Waals surface area contributed by atoms with E-state index in [0.717, 1.165) is 5.56 Å². The zero-order valence-electron chi connectivity index (χ0n) is 14.3. The average molecular weight is 440 g/mol. The molecule has 2 rings (SSSR count). The van der Waals surface area contributed by atoms with Crippen molar-refractivity contribution in [3.05, 3.63) is 63.6 Å². The molecular formula is C19H20BrClN2O3. The summed E-state index contributed by atoms with van der Waals surface area (Å²) in [4.78, 5) is 25.6. The summed E-state index contributed by atoms with van der Waals surface area (Å²) in [5.74, 6) is -0.161. The number of ether oxygens (including phenoxy) is 1. The van der Waals surface area contributed by atoms with Crippen LogP contribution in [0.1, 0.15) is 18.9 Å². The number of hydrogen-bond acceptors (Lipinski definition) is 3. The molecule has 2 amide bonds. The maximum absolute atomic E-state index is 12.9. The molecule has 0 saturated carbocycles. The molecule has 2 aromatic carbocycles. The molecule has 0 spiro atoms. The standard InChI is InChI=1S/C19H20BrClN2O3/c1-13(26-17-8-7-15(21)11-16(17)20)19(25)23(10-9-18(22)24)12-14-5-3-2-4-6-14/h2-8,11,13H,9-10,12H2,1H3,(H2,22,24). The highest BCUT2D eigenvalue weighted by atomic mass is 79.9. The molecule has 0 saturated heterocycles. The number of primary amides is 1. The van der Waals surface area contributed by atoms with Crippen LogP contribution >= 0.6 is 27.5 Å². The quantitative estimate of drug-likeness (QED) is 0.680. The first-order valence-corrected chi connectivity index (χ1v) is 9.26. The zero-order chi connectivity index (χ0) is 19.1. The van der Waals surface area contributed by atoms with E-state index in [9.17, 15) is 9.59 Å². The summed E-state index contributed by atoms with van der Waals surface area (Å²) < 4.78 is 6.44. The van der Waals surface area contributed by atoms with E-state index in [1.807, 2.05) is 30.3 Å². The third-order valence-corrected chi connectivity index (χ3v) is 4.56. The van der Waals surface area contributed by atoms with Gasteiger partial charge in [0.05, 0.1) is 4.47 Å². The van der Waals surface area contributed by atoms with Crippen molar-refractivity contribution in [2.45, 2.75) is 26.0 Å². The number of carbonyl (C=O) groups is 2. The van der Waals surface area contributed by atoms with Crippen LogP contribution in [-0.2, 0) is 16.1 Å². The van der Waals surface area contributed by atoms with Crippen LogP contribution in [0.3, 0.4) is 0 Å². The minimum Gasteiger partial charge on any atom is -0.480 e. The van der Waals surface area contributed by atoms with E-state index in [2.05, 4.69) is 15.9 Å². The minimum absolute atomic E-state index is 0.0932. The largest absolute Gasteiger partial charge is 0.480 e. The van der Waals surface area contributed by atoms with Gasteiger partial charge in [-0.1, -0.05) is 41.9 Å². The van der Waals surface area contributed by atoms with Crippen LogP contribution < -0.4 is 10.5 Å². The lowest BCUT2D eigenvalue weighted by molar-refractivity contribution is -0.139. The van der Waals surface area contributed by atoms with E-state index in [-0.39, 0.29) is 18.9 Å². The molecule has 0 radical (unpaired) electrons. The third kappa shape index (κ3) is 6.04. The van der Waals surface area contributed by atoms with E-state index in [0.29, 0.717) is 21.8 Å². The number of carbonyl (C=O) groups excluding carboxylic acids is 2. The van der Waals surface area contributed by atoms with Gasteiger partial charge >= 0.3 is 0 Å². The number of nitrogens with zero attached hydrogens (tertiary/aromatic N) is 1. The van der Waals surface area contributed by atoms with Gasteiger partial charge in [0.2, 0.25) is 5.91 Å². The van der Waals surface area contributed by atoms with Crippen LogP contribution in [0.25, 0.3) is 0 Å². The SMILES string of the molecule is CC(Oc1ccc(Cl)cc1Br)C(=O)N(CCC(N)=O)Cc1ccccc1. The maximum Gasteiger partial charge on any atom is 0.263 e. The van der Waals surface area contributed by atoms with Crippen LogP contribution in [-0.4, -0.2) is 29.4 Å². The summed E-state index contributed by atoms with van der Waals surface area (Å²) in [7, 11) is 0. The van der Waals surface area contributed by atoms with Gasteiger partial charge in [0.15, 0.2) is 6.10 Å². The molecule has 0 fully saturated rings. The lowest BCUT2D eigenvalue weighted by Crippen LogP contribution is -2.41. The van der Waals surface area contributed by atoms with Gasteiger partial charge in [-0.05, 0) is 46.6 Å². The number of halogens is 2. The first-order chi connectivity index (χ1) is 12.4. The monoisotopic (exact) mass is 438 g/mol. The Morgan fingerprint density at radius 1 is 1.23 bits per heavy atom. The summed E-state index contributed by atoms with van der Waals surface area (Å²) in [5, 5.41) is 0.565. The molecule has 5 nitrogen and oxygen atoms in total. The fourth-order valence-electron chi connectivity index (χ4n) is 2.38. The second-order valence-electron chi connectivity index (χ2n) is 5.80. The van der Waals surface area contributed by atoms with E-state index in [1.165, 1.54) is 0 Å². The lowest BCUT2D eigenvalue weighted by atomic mass is 10.2. The second kappa shape index (κ2) is 9.59. The fraction of sp³-hybridized carbons (Fsp3) is 0.263. The first-order valence-electron chi connectivity index (χ1n) is 8.09. The van der Waals surface area contributed by atoms with Gasteiger partial charge < -0.3 is 15.4 Å². The predicted octanol–water partition coefficient (Wildman–Crippen LogP) is 3.77. The van der Waals surface area contributed by atoms with Crippen LogP contribution in [0.2, 0.25) is 5.02 Å². The van der Waals surface area contributed by atoms with Crippen LogP contribution in [0.4, 0.5) is 0 Å². The number of rotatable bonds is 8. The molecule has 138 valence electrons. The lowest BCUT2D eigenvalue weighted by Gasteiger charge is -2.26. The maximum atomic E-state index is 12.9. The smallest absolute Gasteiger partial charge is 0.263 e. The molecule has 26 heavy (non-hydrogen) atoms. The van der Waals surface area contributed by atoms with Gasteiger partial charge in [0, 0.05) is 24.5 Å². The molecular weight excluding hydrogens is 420 g/mol. The van der Waals surface area contributed by atoms with E-state index >= 15 is 0 Å². The van der Waals surface area contributed by atoms with Crippen molar-refractivity contribution in [2.24, 2.45) is 5.73 Å². The van der Waals surface area contributed by atoms with Crippen molar-refractivity contribution < 1.29 is 14.3 Å². The van der Waals surface area contributed by atoms with Crippen molar-refractivity contribution in [2.75, 3.05) is 6.54 Å². The summed E-state index contributed by atoms with van der Waals surface area (Å²) in [5.41, 5.74) is 6.20. The summed E-state index contributed by atoms with van der Waals surface area (Å²) in [6, 6.07) is 14.6. The molecule has 2 N–H and O–H groups in total. The van der Waals surface area contributed by atoms with E-state index < -0.39 is 12.0 Å². The van der Waals surface area contributed by atoms with Crippen LogP contribution in [0.5, 0.6) is 5.75 Å². The normalized spacial score (nSPS) is 11.7. The third-order valence-electron chi connectivity index (χ3n) is 3.70. The molecule has 2 aromatic rings. The van der Waals surface area contributed by atoms with E-state index in [4.69, 9.17) is 22.1 Å². The Labute approximate surface area is 166 Å². The highest BCUT2D eigenvalue weighted by Gasteiger charge is 2.23. The van der Waals surface area contributed by atoms with Gasteiger partial charge in [-0.3, -0.25) is 9.59 Å². The Morgan fingerprint density at radius 2 is 1.92 bits per heavy atom. The minimum atomic E-state index is -0.732. The van der Waals surface area contributed by atoms with Gasteiger partial charge in [0.25, 0.3) is 5.91 Å². The Bertz CT molecular complexity index is 771. The first kappa shape index (κ1) is 20.3. The highest BCUT2D eigenvalue weighted by molar-refractivity contribution is 9.10. The average Bonchev–Trinajstić information content (AvgIpc) is 2.61. The Morgan fingerprint density at radius 3 is 2.54 bits per heavy atom. The van der Waals surface area contributed by atoms with Crippen LogP contribution in [0, 0.1) is 0 Å². The molecule has 0 aliphatic rings. The number of amides is 2. The second-order valence-corrected chi connectivity index (χ2v) is 7.09. The van der Waals surface area contributed by atoms with Crippen molar-refractivity contribution in [3.8, 4) is 5.75 Å². The fourth-order valence-corrected chi connectivity index (χ4v) is 3.16. The summed E-state index contributed by atoms with van der Waals surface area (Å²) >= 11 is 9.29. The van der Waals surface area contributed by atoms with Crippen LogP contribution in [0.15, 0.2) is 53.0 Å². The molecule has 0 bridgehead atoms. The van der Waals surface area contributed by atoms with E-state index in [1.54, 1.807) is 30.0 Å². The number of nitrogens with two attached hydrogens (primary N) is 1. The van der Waals surface area contributed by atoms with Crippen molar-refractivity contribution in [1.29, 1.82) is 0 Å². The topological polar surface area (TPSA) is 72.6 Å². The molecule has 0 heterocycles. The van der Waals surface area contributed by atoms with Gasteiger partial charge in [-0.25, -0.2) is 0 Å². The van der Waals surface area contributed by atoms with Crippen molar-refractivity contribution in [1.82, 2.24) is 4.90 Å². The van der Waals surface area contributed by atoms with Gasteiger partial charge in [-0.15, -0.1) is 0 Å². The Kier molecular flexibility index (Phi) is 7.48. The molecule has 1 unspecified atom stereocenters. The highest BCUT2D eigenvalue weighted by Crippen LogP contribution is 2.29. The summed E-state index contributed by atoms with van der Waals surface area (Å²) in [6.07, 6.45) is -0.639. The van der Waals surface area contributed by atoms with Gasteiger partial charge in [-0.2, -0.15) is 0 Å². The Hall–Kier alpha value is -2.05. The number of benzene rings is 2. The predicted molar refractivity (Wildman–Crippen MR) is 105 cm³/mol. The molecule has 0 aliphatic heterocycles. The van der Waals surface area contributed by atoms with Crippen molar-refractivity contribution >= 4 is 39.3 Å². The molecule has 0 aromatic heterocycles. The molecule has 7 heteroatoms. The Balaban J connectivity index is 2.11.